The van der Waals surface area contributed by atoms with Crippen LogP contribution in [0.4, 0.5) is 5.82 Å². The number of H-pyrrole nitrogens is 1. The van der Waals surface area contributed by atoms with Crippen LogP contribution in [-0.4, -0.2) is 39.6 Å². The van der Waals surface area contributed by atoms with Crippen LogP contribution in [0.25, 0.3) is 10.9 Å². The van der Waals surface area contributed by atoms with Crippen LogP contribution in [0.15, 0.2) is 35.4 Å². The molecule has 1 fully saturated rings. The molecule has 1 aliphatic rings. The highest BCUT2D eigenvalue weighted by molar-refractivity contribution is 5.83. The molecule has 4 N–H and O–H groups in total. The zero-order chi connectivity index (χ0) is 21.1. The maximum atomic E-state index is 12.8. The number of carbonyl (C=O) groups is 1. The molecule has 3 aromatic rings. The number of anilines is 1. The lowest BCUT2D eigenvalue weighted by molar-refractivity contribution is -0.121. The summed E-state index contributed by atoms with van der Waals surface area (Å²) in [5, 5.41) is 10.6. The minimum absolute atomic E-state index is 0.0328. The number of aryl methyl sites for hydroxylation is 2. The fourth-order valence-electron chi connectivity index (χ4n) is 3.86. The van der Waals surface area contributed by atoms with Crippen molar-refractivity contribution in [3.05, 3.63) is 57.8 Å². The van der Waals surface area contributed by atoms with Crippen LogP contribution in [-0.2, 0) is 17.9 Å². The Kier molecular flexibility index (Phi) is 5.85. The molecule has 158 valence electrons. The van der Waals surface area contributed by atoms with Gasteiger partial charge in [-0.1, -0.05) is 6.07 Å². The molecule has 1 aliphatic heterocycles. The second-order valence-corrected chi connectivity index (χ2v) is 7.94. The maximum Gasteiger partial charge on any atom is 0.293 e. The zero-order valence-electron chi connectivity index (χ0n) is 17.4. The van der Waals surface area contributed by atoms with Crippen molar-refractivity contribution in [2.45, 2.75) is 45.8 Å². The third kappa shape index (κ3) is 4.38. The highest BCUT2D eigenvalue weighted by atomic mass is 16.2. The van der Waals surface area contributed by atoms with Gasteiger partial charge in [-0.05, 0) is 56.5 Å². The molecule has 1 atom stereocenters. The van der Waals surface area contributed by atoms with Crippen LogP contribution in [0.5, 0.6) is 0 Å². The number of aromatic nitrogens is 3. The van der Waals surface area contributed by atoms with E-state index in [0.29, 0.717) is 24.8 Å². The summed E-state index contributed by atoms with van der Waals surface area (Å²) in [7, 11) is 0. The summed E-state index contributed by atoms with van der Waals surface area (Å²) in [5.41, 5.74) is 3.65. The predicted octanol–water partition coefficient (Wildman–Crippen LogP) is 1.82. The lowest BCUT2D eigenvalue weighted by Gasteiger charge is -2.14. The summed E-state index contributed by atoms with van der Waals surface area (Å²) in [6.45, 7) is 5.87. The quantitative estimate of drug-likeness (QED) is 0.477. The summed E-state index contributed by atoms with van der Waals surface area (Å²) in [6, 6.07) is 6.43. The fourth-order valence-corrected chi connectivity index (χ4v) is 3.86. The van der Waals surface area contributed by atoms with Crippen molar-refractivity contribution < 1.29 is 4.79 Å². The van der Waals surface area contributed by atoms with Crippen molar-refractivity contribution in [3.8, 4) is 0 Å². The SMILES string of the molecule is Cc1c[nH]c2ccc(CNC(=O)Cn3c(C)cnc(NC[C@H]4CCCN4)c3=O)cc12. The van der Waals surface area contributed by atoms with Gasteiger partial charge in [-0.15, -0.1) is 0 Å². The Bertz CT molecular complexity index is 1110. The number of hydrogen-bond donors (Lipinski definition) is 4. The highest BCUT2D eigenvalue weighted by Crippen LogP contribution is 2.18. The molecule has 0 unspecified atom stereocenters. The molecule has 2 aromatic heterocycles. The molecule has 0 aliphatic carbocycles. The van der Waals surface area contributed by atoms with Crippen molar-refractivity contribution in [2.75, 3.05) is 18.4 Å². The van der Waals surface area contributed by atoms with E-state index in [1.54, 1.807) is 13.1 Å². The van der Waals surface area contributed by atoms with Gasteiger partial charge in [0.15, 0.2) is 5.82 Å². The molecular formula is C22H28N6O2. The predicted molar refractivity (Wildman–Crippen MR) is 118 cm³/mol. The minimum atomic E-state index is -0.271. The summed E-state index contributed by atoms with van der Waals surface area (Å²) in [5.74, 6) is 0.0798. The van der Waals surface area contributed by atoms with E-state index in [0.717, 1.165) is 35.9 Å². The molecule has 3 heterocycles. The molecule has 0 radical (unpaired) electrons. The Labute approximate surface area is 175 Å². The van der Waals surface area contributed by atoms with Gasteiger partial charge in [0.25, 0.3) is 5.56 Å². The van der Waals surface area contributed by atoms with Crippen molar-refractivity contribution in [2.24, 2.45) is 0 Å². The van der Waals surface area contributed by atoms with E-state index in [2.05, 4.69) is 32.0 Å². The Morgan fingerprint density at radius 1 is 1.33 bits per heavy atom. The van der Waals surface area contributed by atoms with Crippen molar-refractivity contribution in [1.29, 1.82) is 0 Å². The molecule has 1 aromatic carbocycles. The first-order valence-electron chi connectivity index (χ1n) is 10.4. The zero-order valence-corrected chi connectivity index (χ0v) is 17.4. The standard InChI is InChI=1S/C22H28N6O2/c1-14-9-24-19-6-5-16(8-18(14)19)11-25-20(29)13-28-15(2)10-26-21(22(28)30)27-12-17-4-3-7-23-17/h5-6,8-10,17,23-24H,3-4,7,11-13H2,1-2H3,(H,25,29)(H,26,27)/t17-/m1/s1. The van der Waals surface area contributed by atoms with E-state index in [1.165, 1.54) is 10.1 Å². The number of amides is 1. The Morgan fingerprint density at radius 2 is 2.20 bits per heavy atom. The topological polar surface area (TPSA) is 104 Å². The van der Waals surface area contributed by atoms with Gasteiger partial charge in [0, 0.05) is 48.1 Å². The third-order valence-corrected chi connectivity index (χ3v) is 5.68. The summed E-state index contributed by atoms with van der Waals surface area (Å²) in [4.78, 5) is 32.8. The highest BCUT2D eigenvalue weighted by Gasteiger charge is 2.16. The number of aromatic amines is 1. The van der Waals surface area contributed by atoms with Crippen LogP contribution in [0, 0.1) is 13.8 Å². The van der Waals surface area contributed by atoms with E-state index in [4.69, 9.17) is 0 Å². The van der Waals surface area contributed by atoms with E-state index in [-0.39, 0.29) is 23.8 Å². The van der Waals surface area contributed by atoms with E-state index in [9.17, 15) is 9.59 Å². The van der Waals surface area contributed by atoms with Gasteiger partial charge in [0.1, 0.15) is 6.54 Å². The van der Waals surface area contributed by atoms with Gasteiger partial charge in [0.05, 0.1) is 0 Å². The Hall–Kier alpha value is -3.13. The average molecular weight is 409 g/mol. The number of nitrogens with zero attached hydrogens (tertiary/aromatic N) is 2. The molecule has 30 heavy (non-hydrogen) atoms. The van der Waals surface area contributed by atoms with Gasteiger partial charge < -0.3 is 20.9 Å². The van der Waals surface area contributed by atoms with Gasteiger partial charge >= 0.3 is 0 Å². The molecule has 1 amide bonds. The van der Waals surface area contributed by atoms with Crippen molar-refractivity contribution >= 4 is 22.6 Å². The maximum absolute atomic E-state index is 12.8. The molecular weight excluding hydrogens is 380 g/mol. The van der Waals surface area contributed by atoms with Crippen LogP contribution in [0.1, 0.15) is 29.7 Å². The van der Waals surface area contributed by atoms with E-state index in [1.807, 2.05) is 25.3 Å². The normalized spacial score (nSPS) is 16.1. The van der Waals surface area contributed by atoms with Crippen molar-refractivity contribution in [1.82, 2.24) is 25.2 Å². The number of rotatable bonds is 7. The number of fused-ring (bicyclic) bond motifs is 1. The molecule has 1 saturated heterocycles. The largest absolute Gasteiger partial charge is 0.364 e. The fraction of sp³-hybridized carbons (Fsp3) is 0.409. The van der Waals surface area contributed by atoms with Crippen molar-refractivity contribution in [3.63, 3.8) is 0 Å². The van der Waals surface area contributed by atoms with Gasteiger partial charge in [-0.3, -0.25) is 14.2 Å². The minimum Gasteiger partial charge on any atom is -0.364 e. The first-order chi connectivity index (χ1) is 14.5. The third-order valence-electron chi connectivity index (χ3n) is 5.68. The smallest absolute Gasteiger partial charge is 0.293 e. The van der Waals surface area contributed by atoms with Crippen LogP contribution in [0.2, 0.25) is 0 Å². The molecule has 4 rings (SSSR count). The van der Waals surface area contributed by atoms with Gasteiger partial charge in [-0.25, -0.2) is 4.98 Å². The van der Waals surface area contributed by atoms with Crippen LogP contribution in [0.3, 0.4) is 0 Å². The number of benzene rings is 1. The van der Waals surface area contributed by atoms with Crippen LogP contribution >= 0.6 is 0 Å². The first-order valence-corrected chi connectivity index (χ1v) is 10.4. The Morgan fingerprint density at radius 3 is 3.00 bits per heavy atom. The lowest BCUT2D eigenvalue weighted by Crippen LogP contribution is -2.36. The lowest BCUT2D eigenvalue weighted by atomic mass is 10.1. The number of nitrogens with one attached hydrogen (secondary N) is 4. The molecule has 0 spiro atoms. The van der Waals surface area contributed by atoms with Gasteiger partial charge in [-0.2, -0.15) is 0 Å². The second-order valence-electron chi connectivity index (χ2n) is 7.94. The van der Waals surface area contributed by atoms with E-state index < -0.39 is 0 Å². The monoisotopic (exact) mass is 408 g/mol. The summed E-state index contributed by atoms with van der Waals surface area (Å²) < 4.78 is 1.46. The van der Waals surface area contributed by atoms with Gasteiger partial charge in [0.2, 0.25) is 5.91 Å². The van der Waals surface area contributed by atoms with Crippen LogP contribution < -0.4 is 21.5 Å². The average Bonchev–Trinajstić information content (AvgIpc) is 3.39. The summed E-state index contributed by atoms with van der Waals surface area (Å²) >= 11 is 0. The molecule has 8 nitrogen and oxygen atoms in total. The molecule has 0 saturated carbocycles. The molecule has 8 heteroatoms. The molecule has 0 bridgehead atoms. The number of hydrogen-bond acceptors (Lipinski definition) is 5. The summed E-state index contributed by atoms with van der Waals surface area (Å²) in [6.07, 6.45) is 5.83. The van der Waals surface area contributed by atoms with E-state index >= 15 is 0 Å². The first kappa shape index (κ1) is 20.2. The second kappa shape index (κ2) is 8.71. The Balaban J connectivity index is 1.39. The number of carbonyl (C=O) groups excluding carboxylic acids is 1.